The Hall–Kier alpha value is -0.810. The number of ether oxygens (including phenoxy) is 1. The van der Waals surface area contributed by atoms with Gasteiger partial charge in [-0.15, -0.1) is 6.42 Å². The number of carbonyl (C=O) groups excluding carboxylic acids is 1. The van der Waals surface area contributed by atoms with Crippen LogP contribution in [0.1, 0.15) is 13.3 Å². The van der Waals surface area contributed by atoms with Crippen LogP contribution in [0.25, 0.3) is 0 Å². The summed E-state index contributed by atoms with van der Waals surface area (Å²) in [5, 5.41) is 0. The molecule has 0 aliphatic carbocycles. The van der Waals surface area contributed by atoms with Gasteiger partial charge in [0.2, 0.25) is 5.78 Å². The molecule has 2 nitrogen and oxygen atoms in total. The van der Waals surface area contributed by atoms with E-state index in [4.69, 9.17) is 11.2 Å². The number of methoxy groups -OCH3 is 1. The van der Waals surface area contributed by atoms with Gasteiger partial charge in [0.1, 0.15) is 0 Å². The maximum atomic E-state index is 10.7. The van der Waals surface area contributed by atoms with E-state index < -0.39 is 0 Å². The Morgan fingerprint density at radius 1 is 1.80 bits per heavy atom. The van der Waals surface area contributed by atoms with Gasteiger partial charge in [0, 0.05) is 19.6 Å². The fraction of sp³-hybridized carbons (Fsp3) is 0.625. The highest BCUT2D eigenvalue weighted by Gasteiger charge is 2.08. The highest BCUT2D eigenvalue weighted by Crippen LogP contribution is 2.01. The molecule has 56 valence electrons. The Kier molecular flexibility index (Phi) is 4.61. The molecule has 0 aromatic carbocycles. The van der Waals surface area contributed by atoms with Crippen LogP contribution in [0.2, 0.25) is 0 Å². The summed E-state index contributed by atoms with van der Waals surface area (Å²) < 4.78 is 4.79. The van der Waals surface area contributed by atoms with E-state index in [0.29, 0.717) is 13.0 Å². The highest BCUT2D eigenvalue weighted by atomic mass is 16.5. The first-order valence-corrected chi connectivity index (χ1v) is 3.21. The predicted octanol–water partition coefficient (Wildman–Crippen LogP) is 0.861. The largest absolute Gasteiger partial charge is 0.385 e. The lowest BCUT2D eigenvalue weighted by molar-refractivity contribution is -0.117. The summed E-state index contributed by atoms with van der Waals surface area (Å²) in [6.45, 7) is 2.40. The molecule has 0 heterocycles. The monoisotopic (exact) mass is 140 g/mol. The lowest BCUT2D eigenvalue weighted by Crippen LogP contribution is -2.10. The summed E-state index contributed by atoms with van der Waals surface area (Å²) in [5.74, 6) is 1.87. The van der Waals surface area contributed by atoms with Gasteiger partial charge in [-0.05, 0) is 12.3 Å². The van der Waals surface area contributed by atoms with Crippen LogP contribution in [0.15, 0.2) is 0 Å². The van der Waals surface area contributed by atoms with Crippen molar-refractivity contribution in [2.24, 2.45) is 5.92 Å². The van der Waals surface area contributed by atoms with E-state index in [1.165, 1.54) is 0 Å². The normalized spacial score (nSPS) is 12.1. The van der Waals surface area contributed by atoms with Gasteiger partial charge in [-0.3, -0.25) is 4.79 Å². The molecule has 10 heavy (non-hydrogen) atoms. The maximum absolute atomic E-state index is 10.7. The van der Waals surface area contributed by atoms with Gasteiger partial charge in [-0.25, -0.2) is 0 Å². The minimum Gasteiger partial charge on any atom is -0.385 e. The van der Waals surface area contributed by atoms with Gasteiger partial charge in [0.25, 0.3) is 0 Å². The average Bonchev–Trinajstić information content (AvgIpc) is 1.98. The first kappa shape index (κ1) is 9.19. The van der Waals surface area contributed by atoms with Crippen molar-refractivity contribution in [3.8, 4) is 12.3 Å². The Labute approximate surface area is 61.6 Å². The molecule has 0 aromatic rings. The molecule has 0 fully saturated rings. The molecule has 0 aliphatic rings. The van der Waals surface area contributed by atoms with Gasteiger partial charge in [0.05, 0.1) is 0 Å². The summed E-state index contributed by atoms with van der Waals surface area (Å²) in [7, 11) is 1.60. The molecule has 0 rings (SSSR count). The average molecular weight is 140 g/mol. The Balaban J connectivity index is 3.54. The van der Waals surface area contributed by atoms with Crippen molar-refractivity contribution < 1.29 is 9.53 Å². The first-order chi connectivity index (χ1) is 4.72. The van der Waals surface area contributed by atoms with E-state index in [9.17, 15) is 4.79 Å². The zero-order valence-corrected chi connectivity index (χ0v) is 6.39. The number of hydrogen-bond donors (Lipinski definition) is 0. The molecule has 0 saturated carbocycles. The predicted molar refractivity (Wildman–Crippen MR) is 39.5 cm³/mol. The molecule has 2 heteroatoms. The van der Waals surface area contributed by atoms with Gasteiger partial charge in [-0.2, -0.15) is 0 Å². The summed E-state index contributed by atoms with van der Waals surface area (Å²) in [6, 6.07) is 0. The molecule has 0 spiro atoms. The number of terminal acetylenes is 1. The first-order valence-electron chi connectivity index (χ1n) is 3.21. The Morgan fingerprint density at radius 2 is 2.40 bits per heavy atom. The van der Waals surface area contributed by atoms with Gasteiger partial charge < -0.3 is 4.74 Å². The van der Waals surface area contributed by atoms with Crippen LogP contribution in [-0.2, 0) is 9.53 Å². The maximum Gasteiger partial charge on any atom is 0.208 e. The van der Waals surface area contributed by atoms with Crippen molar-refractivity contribution in [2.75, 3.05) is 13.7 Å². The second-order valence-corrected chi connectivity index (χ2v) is 2.19. The third kappa shape index (κ3) is 3.26. The van der Waals surface area contributed by atoms with E-state index in [-0.39, 0.29) is 11.7 Å². The van der Waals surface area contributed by atoms with Crippen molar-refractivity contribution in [1.82, 2.24) is 0 Å². The standard InChI is InChI=1S/C8H12O2/c1-4-8(9)7(2)5-6-10-3/h1,7H,5-6H2,2-3H3. The van der Waals surface area contributed by atoms with Crippen molar-refractivity contribution in [2.45, 2.75) is 13.3 Å². The number of Topliss-reactive ketones (excluding diaryl/α,β-unsaturated/α-hetero) is 1. The van der Waals surface area contributed by atoms with Crippen LogP contribution in [0.3, 0.4) is 0 Å². The third-order valence-electron chi connectivity index (χ3n) is 1.34. The van der Waals surface area contributed by atoms with E-state index in [1.54, 1.807) is 14.0 Å². The number of carbonyl (C=O) groups is 1. The zero-order valence-electron chi connectivity index (χ0n) is 6.39. The molecule has 0 aliphatic heterocycles. The Morgan fingerprint density at radius 3 is 2.80 bits per heavy atom. The summed E-state index contributed by atoms with van der Waals surface area (Å²) in [4.78, 5) is 10.7. The van der Waals surface area contributed by atoms with E-state index >= 15 is 0 Å². The smallest absolute Gasteiger partial charge is 0.208 e. The summed E-state index contributed by atoms with van der Waals surface area (Å²) in [5.41, 5.74) is 0. The Bertz CT molecular complexity index is 144. The van der Waals surface area contributed by atoms with E-state index in [1.807, 2.05) is 0 Å². The molecule has 0 saturated heterocycles. The summed E-state index contributed by atoms with van der Waals surface area (Å²) in [6.07, 6.45) is 5.61. The molecular formula is C8H12O2. The quantitative estimate of drug-likeness (QED) is 0.427. The van der Waals surface area contributed by atoms with Crippen LogP contribution in [0.5, 0.6) is 0 Å². The van der Waals surface area contributed by atoms with Gasteiger partial charge >= 0.3 is 0 Å². The van der Waals surface area contributed by atoms with Crippen LogP contribution in [-0.4, -0.2) is 19.5 Å². The van der Waals surface area contributed by atoms with Gasteiger partial charge in [0.15, 0.2) is 0 Å². The zero-order chi connectivity index (χ0) is 7.98. The fourth-order valence-electron chi connectivity index (χ4n) is 0.568. The minimum atomic E-state index is -0.142. The molecule has 0 amide bonds. The second-order valence-electron chi connectivity index (χ2n) is 2.19. The van der Waals surface area contributed by atoms with Crippen molar-refractivity contribution in [3.63, 3.8) is 0 Å². The SMILES string of the molecule is C#CC(=O)C(C)CCOC. The number of ketones is 1. The van der Waals surface area contributed by atoms with Crippen LogP contribution >= 0.6 is 0 Å². The van der Waals surface area contributed by atoms with Crippen molar-refractivity contribution in [3.05, 3.63) is 0 Å². The molecule has 0 bridgehead atoms. The van der Waals surface area contributed by atoms with Crippen LogP contribution in [0, 0.1) is 18.3 Å². The molecular weight excluding hydrogens is 128 g/mol. The van der Waals surface area contributed by atoms with Gasteiger partial charge in [-0.1, -0.05) is 6.92 Å². The molecule has 0 radical (unpaired) electrons. The van der Waals surface area contributed by atoms with Crippen molar-refractivity contribution >= 4 is 5.78 Å². The lowest BCUT2D eigenvalue weighted by Gasteiger charge is -2.03. The number of rotatable bonds is 4. The molecule has 0 N–H and O–H groups in total. The molecule has 1 unspecified atom stereocenters. The molecule has 0 aromatic heterocycles. The van der Waals surface area contributed by atoms with E-state index in [0.717, 1.165) is 0 Å². The highest BCUT2D eigenvalue weighted by molar-refractivity contribution is 5.96. The second kappa shape index (κ2) is 5.01. The number of hydrogen-bond acceptors (Lipinski definition) is 2. The van der Waals surface area contributed by atoms with Crippen LogP contribution in [0.4, 0.5) is 0 Å². The van der Waals surface area contributed by atoms with E-state index in [2.05, 4.69) is 5.92 Å². The summed E-state index contributed by atoms with van der Waals surface area (Å²) >= 11 is 0. The molecule has 1 atom stereocenters. The lowest BCUT2D eigenvalue weighted by atomic mass is 10.0. The van der Waals surface area contributed by atoms with Crippen LogP contribution < -0.4 is 0 Å². The van der Waals surface area contributed by atoms with Crippen molar-refractivity contribution in [1.29, 1.82) is 0 Å². The third-order valence-corrected chi connectivity index (χ3v) is 1.34. The fourth-order valence-corrected chi connectivity index (χ4v) is 0.568. The minimum absolute atomic E-state index is 0.0649. The topological polar surface area (TPSA) is 26.3 Å².